The van der Waals surface area contributed by atoms with Gasteiger partial charge in [0.25, 0.3) is 0 Å². The van der Waals surface area contributed by atoms with E-state index in [4.69, 9.17) is 0 Å². The van der Waals surface area contributed by atoms with Gasteiger partial charge in [-0.2, -0.15) is 0 Å². The Morgan fingerprint density at radius 1 is 1.32 bits per heavy atom. The van der Waals surface area contributed by atoms with E-state index in [-0.39, 0.29) is 0 Å². The van der Waals surface area contributed by atoms with E-state index in [1.807, 2.05) is 0 Å². The Bertz CT molecular complexity index is 267. The molecule has 0 saturated carbocycles. The van der Waals surface area contributed by atoms with Gasteiger partial charge in [0.05, 0.1) is 0 Å². The number of hydrogen-bond donors (Lipinski definition) is 1. The van der Waals surface area contributed by atoms with Crippen molar-refractivity contribution in [1.29, 1.82) is 0 Å². The quantitative estimate of drug-likeness (QED) is 0.813. The highest BCUT2D eigenvalue weighted by Crippen LogP contribution is 2.27. The van der Waals surface area contributed by atoms with Crippen LogP contribution in [0, 0.1) is 11.3 Å². The largest absolute Gasteiger partial charge is 0.311 e. The Morgan fingerprint density at radius 3 is 2.42 bits per heavy atom. The summed E-state index contributed by atoms with van der Waals surface area (Å²) in [5.41, 5.74) is 0.784. The molecule has 1 N–H and O–H groups in total. The molecule has 1 aliphatic heterocycles. The molecule has 19 heavy (non-hydrogen) atoms. The van der Waals surface area contributed by atoms with Crippen molar-refractivity contribution in [2.45, 2.75) is 79.3 Å². The fourth-order valence-electron chi connectivity index (χ4n) is 2.93. The highest BCUT2D eigenvalue weighted by atomic mass is 15.3. The molecule has 2 atom stereocenters. The van der Waals surface area contributed by atoms with Crippen molar-refractivity contribution >= 4 is 0 Å². The minimum Gasteiger partial charge on any atom is -0.311 e. The van der Waals surface area contributed by atoms with Crippen molar-refractivity contribution in [3.8, 4) is 0 Å². The first-order valence-corrected chi connectivity index (χ1v) is 8.15. The summed E-state index contributed by atoms with van der Waals surface area (Å²) >= 11 is 0. The molecule has 0 amide bonds. The van der Waals surface area contributed by atoms with Gasteiger partial charge < -0.3 is 5.32 Å². The fraction of sp³-hybridized carbons (Fsp3) is 1.00. The molecule has 1 saturated heterocycles. The predicted octanol–water partition coefficient (Wildman–Crippen LogP) is 3.91. The van der Waals surface area contributed by atoms with Gasteiger partial charge in [0, 0.05) is 24.7 Å². The summed E-state index contributed by atoms with van der Waals surface area (Å²) in [5.74, 6) is 0.785. The van der Waals surface area contributed by atoms with Crippen molar-refractivity contribution in [3.05, 3.63) is 0 Å². The van der Waals surface area contributed by atoms with Crippen LogP contribution in [0.3, 0.4) is 0 Å². The van der Waals surface area contributed by atoms with E-state index in [2.05, 4.69) is 58.7 Å². The first-order valence-electron chi connectivity index (χ1n) is 8.15. The maximum absolute atomic E-state index is 3.78. The lowest BCUT2D eigenvalue weighted by Gasteiger charge is -2.49. The molecule has 1 rings (SSSR count). The minimum atomic E-state index is 0.346. The molecule has 1 heterocycles. The van der Waals surface area contributed by atoms with Crippen LogP contribution in [-0.2, 0) is 0 Å². The SMILES string of the molecule is CCC1(C)CNC(CC(C)C)CN1CCC(C)(C)C. The molecule has 114 valence electrons. The highest BCUT2D eigenvalue weighted by Gasteiger charge is 2.36. The van der Waals surface area contributed by atoms with Crippen LogP contribution in [0.5, 0.6) is 0 Å². The first-order chi connectivity index (χ1) is 8.66. The third-order valence-electron chi connectivity index (χ3n) is 4.63. The fourth-order valence-corrected chi connectivity index (χ4v) is 2.93. The van der Waals surface area contributed by atoms with Crippen molar-refractivity contribution in [1.82, 2.24) is 10.2 Å². The van der Waals surface area contributed by atoms with Crippen molar-refractivity contribution in [2.75, 3.05) is 19.6 Å². The number of piperazine rings is 1. The average Bonchev–Trinajstić information content (AvgIpc) is 2.28. The van der Waals surface area contributed by atoms with Crippen LogP contribution >= 0.6 is 0 Å². The summed E-state index contributed by atoms with van der Waals surface area (Å²) < 4.78 is 0. The Morgan fingerprint density at radius 2 is 1.95 bits per heavy atom. The Labute approximate surface area is 121 Å². The van der Waals surface area contributed by atoms with E-state index < -0.39 is 0 Å². The molecule has 1 aliphatic rings. The summed E-state index contributed by atoms with van der Waals surface area (Å²) in [4.78, 5) is 2.75. The lowest BCUT2D eigenvalue weighted by molar-refractivity contribution is 0.0357. The van der Waals surface area contributed by atoms with Crippen LogP contribution < -0.4 is 5.32 Å². The molecule has 1 fully saturated rings. The van der Waals surface area contributed by atoms with Gasteiger partial charge in [-0.05, 0) is 44.1 Å². The number of hydrogen-bond acceptors (Lipinski definition) is 2. The zero-order chi connectivity index (χ0) is 14.7. The van der Waals surface area contributed by atoms with Gasteiger partial charge in [0.1, 0.15) is 0 Å². The summed E-state index contributed by atoms with van der Waals surface area (Å²) in [6.07, 6.45) is 3.82. The molecule has 2 unspecified atom stereocenters. The standard InChI is InChI=1S/C17H36N2/c1-8-17(7)13-18-15(11-14(2)3)12-19(17)10-9-16(4,5)6/h14-15,18H,8-13H2,1-7H3. The summed E-state index contributed by atoms with van der Waals surface area (Å²) in [6, 6.07) is 0.680. The van der Waals surface area contributed by atoms with Crippen LogP contribution in [0.25, 0.3) is 0 Å². The first kappa shape index (κ1) is 17.0. The predicted molar refractivity (Wildman–Crippen MR) is 85.6 cm³/mol. The zero-order valence-electron chi connectivity index (χ0n) is 14.3. The Hall–Kier alpha value is -0.0800. The van der Waals surface area contributed by atoms with Crippen LogP contribution in [0.15, 0.2) is 0 Å². The van der Waals surface area contributed by atoms with E-state index in [0.29, 0.717) is 17.0 Å². The molecule has 0 aromatic rings. The average molecular weight is 268 g/mol. The van der Waals surface area contributed by atoms with Crippen molar-refractivity contribution in [2.24, 2.45) is 11.3 Å². The maximum atomic E-state index is 3.78. The second-order valence-corrected chi connectivity index (χ2v) is 8.31. The molecule has 2 heteroatoms. The highest BCUT2D eigenvalue weighted by molar-refractivity contribution is 4.95. The van der Waals surface area contributed by atoms with Crippen LogP contribution in [-0.4, -0.2) is 36.1 Å². The van der Waals surface area contributed by atoms with Gasteiger partial charge in [-0.1, -0.05) is 41.5 Å². The third-order valence-corrected chi connectivity index (χ3v) is 4.63. The lowest BCUT2D eigenvalue weighted by atomic mass is 9.87. The number of nitrogens with one attached hydrogen (secondary N) is 1. The minimum absolute atomic E-state index is 0.346. The summed E-state index contributed by atoms with van der Waals surface area (Å²) in [6.45, 7) is 20.1. The normalized spacial score (nSPS) is 30.0. The van der Waals surface area contributed by atoms with Gasteiger partial charge in [-0.15, -0.1) is 0 Å². The molecule has 0 bridgehead atoms. The smallest absolute Gasteiger partial charge is 0.0303 e. The molecule has 0 aliphatic carbocycles. The van der Waals surface area contributed by atoms with Crippen molar-refractivity contribution < 1.29 is 0 Å². The Kier molecular flexibility index (Phi) is 5.88. The van der Waals surface area contributed by atoms with Crippen LogP contribution in [0.2, 0.25) is 0 Å². The van der Waals surface area contributed by atoms with E-state index in [1.165, 1.54) is 32.4 Å². The van der Waals surface area contributed by atoms with E-state index in [0.717, 1.165) is 12.5 Å². The zero-order valence-corrected chi connectivity index (χ0v) is 14.3. The lowest BCUT2D eigenvalue weighted by Crippen LogP contribution is -2.63. The molecular formula is C17H36N2. The molecule has 0 radical (unpaired) electrons. The second kappa shape index (κ2) is 6.58. The van der Waals surface area contributed by atoms with Crippen LogP contribution in [0.1, 0.15) is 67.7 Å². The van der Waals surface area contributed by atoms with Crippen molar-refractivity contribution in [3.63, 3.8) is 0 Å². The molecular weight excluding hydrogens is 232 g/mol. The van der Waals surface area contributed by atoms with Gasteiger partial charge in [0.2, 0.25) is 0 Å². The van der Waals surface area contributed by atoms with Crippen LogP contribution in [0.4, 0.5) is 0 Å². The third kappa shape index (κ3) is 5.43. The van der Waals surface area contributed by atoms with E-state index >= 15 is 0 Å². The van der Waals surface area contributed by atoms with E-state index in [1.54, 1.807) is 0 Å². The topological polar surface area (TPSA) is 15.3 Å². The van der Waals surface area contributed by atoms with Gasteiger partial charge in [0.15, 0.2) is 0 Å². The summed E-state index contributed by atoms with van der Waals surface area (Å²) in [5, 5.41) is 3.78. The maximum Gasteiger partial charge on any atom is 0.0303 e. The van der Waals surface area contributed by atoms with Gasteiger partial charge in [-0.25, -0.2) is 0 Å². The van der Waals surface area contributed by atoms with Gasteiger partial charge >= 0.3 is 0 Å². The van der Waals surface area contributed by atoms with E-state index in [9.17, 15) is 0 Å². The Balaban J connectivity index is 2.63. The molecule has 0 aromatic carbocycles. The number of rotatable bonds is 5. The second-order valence-electron chi connectivity index (χ2n) is 8.31. The summed E-state index contributed by atoms with van der Waals surface area (Å²) in [7, 11) is 0. The molecule has 2 nitrogen and oxygen atoms in total. The molecule has 0 aromatic heterocycles. The van der Waals surface area contributed by atoms with Gasteiger partial charge in [-0.3, -0.25) is 4.90 Å². The number of nitrogens with zero attached hydrogens (tertiary/aromatic N) is 1. The molecule has 0 spiro atoms. The monoisotopic (exact) mass is 268 g/mol.